The average Bonchev–Trinajstić information content (AvgIpc) is 2.33. The van der Waals surface area contributed by atoms with Crippen LogP contribution in [0.1, 0.15) is 27.2 Å². The largest absolute Gasteiger partial charge is 0.457 e. The number of hydrogen-bond acceptors (Lipinski definition) is 1. The zero-order valence-electron chi connectivity index (χ0n) is 11.6. The fourth-order valence-corrected chi connectivity index (χ4v) is 1.69. The van der Waals surface area contributed by atoms with Gasteiger partial charge >= 0.3 is 0 Å². The molecule has 1 rings (SSSR count). The van der Waals surface area contributed by atoms with E-state index in [1.807, 2.05) is 36.4 Å². The van der Waals surface area contributed by atoms with Crippen LogP contribution in [0.5, 0.6) is 5.75 Å². The van der Waals surface area contributed by atoms with Crippen molar-refractivity contribution in [2.24, 2.45) is 5.41 Å². The van der Waals surface area contributed by atoms with Crippen LogP contribution in [-0.4, -0.2) is 0 Å². The third-order valence-electron chi connectivity index (χ3n) is 2.44. The quantitative estimate of drug-likeness (QED) is 0.514. The van der Waals surface area contributed by atoms with Crippen LogP contribution in [0.3, 0.4) is 0 Å². The molecule has 1 aromatic carbocycles. The molecule has 0 aliphatic carbocycles. The van der Waals surface area contributed by atoms with E-state index in [9.17, 15) is 0 Å². The van der Waals surface area contributed by atoms with Gasteiger partial charge in [-0.1, -0.05) is 58.2 Å². The van der Waals surface area contributed by atoms with E-state index in [1.165, 1.54) is 0 Å². The van der Waals surface area contributed by atoms with Crippen LogP contribution in [0.15, 0.2) is 67.0 Å². The van der Waals surface area contributed by atoms with Crippen LogP contribution in [0.2, 0.25) is 0 Å². The van der Waals surface area contributed by atoms with Gasteiger partial charge in [0, 0.05) is 0 Å². The fraction of sp³-hybridized carbons (Fsp3) is 0.294. The Hall–Kier alpha value is -1.76. The molecular weight excluding hydrogens is 220 g/mol. The van der Waals surface area contributed by atoms with E-state index in [2.05, 4.69) is 33.9 Å². The smallest absolute Gasteiger partial charge is 0.130 e. The minimum Gasteiger partial charge on any atom is -0.457 e. The van der Waals surface area contributed by atoms with Crippen LogP contribution >= 0.6 is 0 Å². The Kier molecular flexibility index (Phi) is 4.96. The van der Waals surface area contributed by atoms with E-state index in [1.54, 1.807) is 6.08 Å². The monoisotopic (exact) mass is 242 g/mol. The summed E-state index contributed by atoms with van der Waals surface area (Å²) >= 11 is 0. The van der Waals surface area contributed by atoms with E-state index >= 15 is 0 Å². The third-order valence-corrected chi connectivity index (χ3v) is 2.44. The summed E-state index contributed by atoms with van der Waals surface area (Å²) in [5, 5.41) is 0. The molecule has 96 valence electrons. The molecule has 0 radical (unpaired) electrons. The van der Waals surface area contributed by atoms with Crippen molar-refractivity contribution in [1.29, 1.82) is 0 Å². The van der Waals surface area contributed by atoms with E-state index in [-0.39, 0.29) is 5.41 Å². The van der Waals surface area contributed by atoms with E-state index < -0.39 is 0 Å². The number of rotatable bonds is 5. The molecule has 1 heteroatoms. The van der Waals surface area contributed by atoms with Gasteiger partial charge in [-0.15, -0.1) is 0 Å². The number of hydrogen-bond donors (Lipinski definition) is 0. The minimum absolute atomic E-state index is 0.192. The zero-order chi connectivity index (χ0) is 13.6. The van der Waals surface area contributed by atoms with Crippen molar-refractivity contribution in [1.82, 2.24) is 0 Å². The lowest BCUT2D eigenvalue weighted by molar-refractivity contribution is 0.390. The van der Waals surface area contributed by atoms with Crippen molar-refractivity contribution in [2.45, 2.75) is 27.2 Å². The summed E-state index contributed by atoms with van der Waals surface area (Å²) in [5.74, 6) is 1.60. The summed E-state index contributed by atoms with van der Waals surface area (Å²) in [4.78, 5) is 0. The predicted octanol–water partition coefficient (Wildman–Crippen LogP) is 5.13. The van der Waals surface area contributed by atoms with Crippen LogP contribution in [0.4, 0.5) is 0 Å². The Balaban J connectivity index is 2.98. The van der Waals surface area contributed by atoms with Crippen LogP contribution < -0.4 is 4.74 Å². The number of para-hydroxylation sites is 1. The number of benzene rings is 1. The third kappa shape index (κ3) is 4.62. The first-order chi connectivity index (χ1) is 8.46. The van der Waals surface area contributed by atoms with E-state index in [4.69, 9.17) is 4.74 Å². The Morgan fingerprint density at radius 3 is 2.17 bits per heavy atom. The number of allylic oxidation sites excluding steroid dienone is 3. The first-order valence-electron chi connectivity index (χ1n) is 6.17. The highest BCUT2D eigenvalue weighted by Crippen LogP contribution is 2.28. The summed E-state index contributed by atoms with van der Waals surface area (Å²) in [7, 11) is 0. The molecule has 1 nitrogen and oxygen atoms in total. The average molecular weight is 242 g/mol. The van der Waals surface area contributed by atoms with E-state index in [0.717, 1.165) is 23.5 Å². The molecule has 0 amide bonds. The van der Waals surface area contributed by atoms with Crippen LogP contribution in [0, 0.1) is 5.41 Å². The lowest BCUT2D eigenvalue weighted by atomic mass is 9.87. The van der Waals surface area contributed by atoms with Crippen molar-refractivity contribution >= 4 is 0 Å². The second-order valence-electron chi connectivity index (χ2n) is 5.45. The topological polar surface area (TPSA) is 9.23 Å². The molecule has 1 aromatic rings. The van der Waals surface area contributed by atoms with Crippen molar-refractivity contribution in [3.8, 4) is 5.75 Å². The highest BCUT2D eigenvalue weighted by atomic mass is 16.5. The molecule has 0 saturated heterocycles. The fourth-order valence-electron chi connectivity index (χ4n) is 1.69. The zero-order valence-corrected chi connectivity index (χ0v) is 11.6. The van der Waals surface area contributed by atoms with Gasteiger partial charge in [-0.25, -0.2) is 0 Å². The van der Waals surface area contributed by atoms with Gasteiger partial charge in [-0.2, -0.15) is 0 Å². The molecule has 0 aromatic heterocycles. The molecule has 18 heavy (non-hydrogen) atoms. The Bertz CT molecular complexity index is 432. The molecule has 0 fully saturated rings. The van der Waals surface area contributed by atoms with Gasteiger partial charge in [0.15, 0.2) is 0 Å². The summed E-state index contributed by atoms with van der Waals surface area (Å²) in [6.45, 7) is 14.3. The molecule has 0 unspecified atom stereocenters. The Morgan fingerprint density at radius 1 is 1.11 bits per heavy atom. The molecule has 0 saturated carbocycles. The lowest BCUT2D eigenvalue weighted by Gasteiger charge is -2.20. The summed E-state index contributed by atoms with van der Waals surface area (Å²) in [6, 6.07) is 9.73. The van der Waals surface area contributed by atoms with Gasteiger partial charge in [0.2, 0.25) is 0 Å². The normalized spacial score (nSPS) is 12.6. The maximum atomic E-state index is 5.85. The molecule has 0 spiro atoms. The second-order valence-corrected chi connectivity index (χ2v) is 5.45. The summed E-state index contributed by atoms with van der Waals surface area (Å²) in [6.07, 6.45) is 4.51. The molecule has 0 aliphatic rings. The molecule has 0 N–H and O–H groups in total. The highest BCUT2D eigenvalue weighted by Gasteiger charge is 2.14. The van der Waals surface area contributed by atoms with Gasteiger partial charge in [-0.3, -0.25) is 0 Å². The lowest BCUT2D eigenvalue weighted by Crippen LogP contribution is -2.08. The van der Waals surface area contributed by atoms with Crippen molar-refractivity contribution in [3.63, 3.8) is 0 Å². The Labute approximate surface area is 110 Å². The van der Waals surface area contributed by atoms with E-state index in [0.29, 0.717) is 0 Å². The molecule has 0 aliphatic heterocycles. The maximum absolute atomic E-state index is 5.85. The molecule has 0 heterocycles. The van der Waals surface area contributed by atoms with Gasteiger partial charge in [0.1, 0.15) is 11.5 Å². The maximum Gasteiger partial charge on any atom is 0.130 e. The minimum atomic E-state index is 0.192. The Morgan fingerprint density at radius 2 is 1.72 bits per heavy atom. The van der Waals surface area contributed by atoms with Crippen LogP contribution in [-0.2, 0) is 0 Å². The molecular formula is C17H22O. The first-order valence-corrected chi connectivity index (χ1v) is 6.17. The van der Waals surface area contributed by atoms with Crippen molar-refractivity contribution in [3.05, 3.63) is 67.0 Å². The molecule has 0 bridgehead atoms. The number of ether oxygens (including phenoxy) is 1. The van der Waals surface area contributed by atoms with Crippen LogP contribution in [0.25, 0.3) is 0 Å². The standard InChI is InChI=1S/C17H22O/c1-6-14(13-17(3,4)5)16(7-2)18-15-11-9-8-10-12-15/h6-12H,1-2,13H2,3-5H3/b16-14-. The first kappa shape index (κ1) is 14.3. The van der Waals surface area contributed by atoms with Gasteiger partial charge < -0.3 is 4.74 Å². The molecule has 0 atom stereocenters. The summed E-state index contributed by atoms with van der Waals surface area (Å²) < 4.78 is 5.85. The second kappa shape index (κ2) is 6.25. The van der Waals surface area contributed by atoms with Gasteiger partial charge in [0.25, 0.3) is 0 Å². The SMILES string of the molecule is C=C/C(CC(C)(C)C)=C(\C=C)Oc1ccccc1. The predicted molar refractivity (Wildman–Crippen MR) is 78.6 cm³/mol. The highest BCUT2D eigenvalue weighted by molar-refractivity contribution is 5.33. The van der Waals surface area contributed by atoms with Gasteiger partial charge in [-0.05, 0) is 35.6 Å². The summed E-state index contributed by atoms with van der Waals surface area (Å²) in [5.41, 5.74) is 1.28. The van der Waals surface area contributed by atoms with Crippen molar-refractivity contribution in [2.75, 3.05) is 0 Å². The van der Waals surface area contributed by atoms with Crippen molar-refractivity contribution < 1.29 is 4.74 Å². The van der Waals surface area contributed by atoms with Gasteiger partial charge in [0.05, 0.1) is 0 Å².